The van der Waals surface area contributed by atoms with Crippen LogP contribution in [0.5, 0.6) is 0 Å². The summed E-state index contributed by atoms with van der Waals surface area (Å²) in [6.07, 6.45) is 1.67. The molecule has 2 aromatic rings. The van der Waals surface area contributed by atoms with Gasteiger partial charge < -0.3 is 5.73 Å². The smallest absolute Gasteiger partial charge is 0.184 e. The third kappa shape index (κ3) is 2.49. The topological polar surface area (TPSA) is 50.4 Å². The maximum Gasteiger partial charge on any atom is 0.184 e. The Bertz CT molecular complexity index is 562. The summed E-state index contributed by atoms with van der Waals surface area (Å²) in [6, 6.07) is 5.77. The minimum absolute atomic E-state index is 0.147. The fourth-order valence-corrected chi connectivity index (χ4v) is 2.40. The Morgan fingerprint density at radius 1 is 1.56 bits per heavy atom. The lowest BCUT2D eigenvalue weighted by Gasteiger charge is -1.95. The lowest BCUT2D eigenvalue weighted by atomic mass is 10.2. The van der Waals surface area contributed by atoms with Crippen molar-refractivity contribution in [2.24, 2.45) is 10.8 Å². The number of halogens is 1. The van der Waals surface area contributed by atoms with Crippen LogP contribution in [-0.4, -0.2) is 11.3 Å². The van der Waals surface area contributed by atoms with Gasteiger partial charge in [-0.1, -0.05) is 11.6 Å². The van der Waals surface area contributed by atoms with Gasteiger partial charge in [-0.05, 0) is 30.4 Å². The van der Waals surface area contributed by atoms with Gasteiger partial charge in [0, 0.05) is 26.1 Å². The molecule has 0 aliphatic heterocycles. The number of rotatable bonds is 2. The zero-order valence-corrected chi connectivity index (χ0v) is 10.5. The van der Waals surface area contributed by atoms with Crippen molar-refractivity contribution in [3.05, 3.63) is 34.2 Å². The number of hydrazone groups is 1. The molecule has 0 atom stereocenters. The second-order valence-electron chi connectivity index (χ2n) is 3.07. The molecular weight excluding hydrogens is 262 g/mol. The van der Waals surface area contributed by atoms with E-state index >= 15 is 0 Å². The highest BCUT2D eigenvalue weighted by Crippen LogP contribution is 2.27. The van der Waals surface area contributed by atoms with Crippen LogP contribution in [0.25, 0.3) is 10.1 Å². The Kier molecular flexibility index (Phi) is 3.38. The van der Waals surface area contributed by atoms with Crippen LogP contribution >= 0.6 is 35.2 Å². The number of hydrogen-bond acceptors (Lipinski definition) is 3. The number of thiocarbonyl (C=S) groups is 1. The molecule has 2 rings (SSSR count). The van der Waals surface area contributed by atoms with Crippen molar-refractivity contribution < 1.29 is 0 Å². The predicted molar refractivity (Wildman–Crippen MR) is 74.4 cm³/mol. The first-order chi connectivity index (χ1) is 7.66. The first-order valence-corrected chi connectivity index (χ1v) is 6.08. The molecule has 3 N–H and O–H groups in total. The van der Waals surface area contributed by atoms with Gasteiger partial charge in [0.15, 0.2) is 5.11 Å². The summed E-state index contributed by atoms with van der Waals surface area (Å²) in [4.78, 5) is 0. The normalized spacial score (nSPS) is 11.1. The van der Waals surface area contributed by atoms with Crippen molar-refractivity contribution >= 4 is 56.6 Å². The number of thiophene rings is 1. The van der Waals surface area contributed by atoms with Gasteiger partial charge in [0.05, 0.1) is 6.21 Å². The summed E-state index contributed by atoms with van der Waals surface area (Å²) in [6.45, 7) is 0. The van der Waals surface area contributed by atoms with E-state index in [1.807, 2.05) is 23.6 Å². The molecule has 0 saturated carbocycles. The van der Waals surface area contributed by atoms with E-state index < -0.39 is 0 Å². The van der Waals surface area contributed by atoms with E-state index in [0.29, 0.717) is 5.02 Å². The SMILES string of the molecule is NC(=S)NN=Cc1csc2ccc(Cl)cc12. The fourth-order valence-electron chi connectivity index (χ4n) is 1.29. The molecule has 0 fully saturated rings. The average Bonchev–Trinajstić information content (AvgIpc) is 2.60. The Labute approximate surface area is 107 Å². The third-order valence-corrected chi connectivity index (χ3v) is 3.25. The number of nitrogens with two attached hydrogens (primary N) is 1. The first kappa shape index (κ1) is 11.3. The van der Waals surface area contributed by atoms with E-state index in [4.69, 9.17) is 17.3 Å². The minimum atomic E-state index is 0.147. The molecule has 0 saturated heterocycles. The van der Waals surface area contributed by atoms with Gasteiger partial charge in [-0.15, -0.1) is 11.3 Å². The molecule has 0 bridgehead atoms. The zero-order chi connectivity index (χ0) is 11.5. The molecule has 82 valence electrons. The summed E-state index contributed by atoms with van der Waals surface area (Å²) in [5, 5.41) is 7.85. The lowest BCUT2D eigenvalue weighted by molar-refractivity contribution is 1.04. The second-order valence-corrected chi connectivity index (χ2v) is 4.85. The van der Waals surface area contributed by atoms with Crippen molar-refractivity contribution in [2.75, 3.05) is 0 Å². The van der Waals surface area contributed by atoms with Crippen LogP contribution in [0.2, 0.25) is 5.02 Å². The maximum atomic E-state index is 5.94. The van der Waals surface area contributed by atoms with Crippen molar-refractivity contribution in [1.82, 2.24) is 5.43 Å². The largest absolute Gasteiger partial charge is 0.375 e. The minimum Gasteiger partial charge on any atom is -0.375 e. The van der Waals surface area contributed by atoms with Crippen LogP contribution in [0.4, 0.5) is 0 Å². The molecule has 6 heteroatoms. The van der Waals surface area contributed by atoms with Crippen molar-refractivity contribution in [1.29, 1.82) is 0 Å². The van der Waals surface area contributed by atoms with Gasteiger partial charge in [-0.3, -0.25) is 5.43 Å². The monoisotopic (exact) mass is 269 g/mol. The highest BCUT2D eigenvalue weighted by atomic mass is 35.5. The fraction of sp³-hybridized carbons (Fsp3) is 0. The Morgan fingerprint density at radius 2 is 2.38 bits per heavy atom. The quantitative estimate of drug-likeness (QED) is 0.501. The molecule has 0 aliphatic rings. The number of nitrogens with one attached hydrogen (secondary N) is 1. The second kappa shape index (κ2) is 4.78. The summed E-state index contributed by atoms with van der Waals surface area (Å²) in [7, 11) is 0. The van der Waals surface area contributed by atoms with Crippen LogP contribution in [0.3, 0.4) is 0 Å². The molecular formula is C10H8ClN3S2. The molecule has 0 spiro atoms. The van der Waals surface area contributed by atoms with Crippen LogP contribution in [0, 0.1) is 0 Å². The summed E-state index contributed by atoms with van der Waals surface area (Å²) < 4.78 is 1.17. The lowest BCUT2D eigenvalue weighted by Crippen LogP contribution is -2.23. The van der Waals surface area contributed by atoms with Gasteiger partial charge in [-0.2, -0.15) is 5.10 Å². The molecule has 0 radical (unpaired) electrons. The molecule has 0 unspecified atom stereocenters. The van der Waals surface area contributed by atoms with E-state index in [2.05, 4.69) is 22.7 Å². The van der Waals surface area contributed by atoms with E-state index in [0.717, 1.165) is 10.9 Å². The van der Waals surface area contributed by atoms with E-state index in [1.54, 1.807) is 17.6 Å². The number of fused-ring (bicyclic) bond motifs is 1. The highest BCUT2D eigenvalue weighted by Gasteiger charge is 2.02. The average molecular weight is 270 g/mol. The Morgan fingerprint density at radius 3 is 3.12 bits per heavy atom. The Balaban J connectivity index is 2.34. The molecule has 3 nitrogen and oxygen atoms in total. The van der Waals surface area contributed by atoms with Gasteiger partial charge in [0.2, 0.25) is 0 Å². The predicted octanol–water partition coefficient (Wildman–Crippen LogP) is 2.72. The highest BCUT2D eigenvalue weighted by molar-refractivity contribution is 7.80. The molecule has 0 amide bonds. The molecule has 0 aliphatic carbocycles. The third-order valence-electron chi connectivity index (χ3n) is 1.94. The van der Waals surface area contributed by atoms with Gasteiger partial charge >= 0.3 is 0 Å². The van der Waals surface area contributed by atoms with Gasteiger partial charge in [0.1, 0.15) is 0 Å². The number of hydrogen-bond donors (Lipinski definition) is 2. The van der Waals surface area contributed by atoms with Gasteiger partial charge in [0.25, 0.3) is 0 Å². The van der Waals surface area contributed by atoms with Gasteiger partial charge in [-0.25, -0.2) is 0 Å². The maximum absolute atomic E-state index is 5.94. The number of benzene rings is 1. The van der Waals surface area contributed by atoms with Crippen LogP contribution in [0.15, 0.2) is 28.7 Å². The van der Waals surface area contributed by atoms with E-state index in [-0.39, 0.29) is 5.11 Å². The molecule has 16 heavy (non-hydrogen) atoms. The van der Waals surface area contributed by atoms with Crippen molar-refractivity contribution in [2.45, 2.75) is 0 Å². The molecule has 1 aromatic carbocycles. The van der Waals surface area contributed by atoms with E-state index in [1.165, 1.54) is 4.70 Å². The summed E-state index contributed by atoms with van der Waals surface area (Å²) >= 11 is 12.2. The molecule has 1 aromatic heterocycles. The van der Waals surface area contributed by atoms with Crippen molar-refractivity contribution in [3.63, 3.8) is 0 Å². The zero-order valence-electron chi connectivity index (χ0n) is 8.11. The summed E-state index contributed by atoms with van der Waals surface area (Å²) in [5.41, 5.74) is 8.76. The van der Waals surface area contributed by atoms with Crippen molar-refractivity contribution in [3.8, 4) is 0 Å². The molecule has 1 heterocycles. The van der Waals surface area contributed by atoms with Crippen LogP contribution in [-0.2, 0) is 0 Å². The van der Waals surface area contributed by atoms with E-state index in [9.17, 15) is 0 Å². The standard InChI is InChI=1S/C10H8ClN3S2/c11-7-1-2-9-8(3-7)6(5-16-9)4-13-14-10(12)15/h1-5H,(H3,12,14,15). The summed E-state index contributed by atoms with van der Waals surface area (Å²) in [5.74, 6) is 0. The first-order valence-electron chi connectivity index (χ1n) is 4.42. The Hall–Kier alpha value is -1.17. The number of nitrogens with zero attached hydrogens (tertiary/aromatic N) is 1. The van der Waals surface area contributed by atoms with Crippen LogP contribution < -0.4 is 11.2 Å². The van der Waals surface area contributed by atoms with Crippen LogP contribution in [0.1, 0.15) is 5.56 Å².